The van der Waals surface area contributed by atoms with E-state index in [1.165, 1.54) is 6.92 Å². The van der Waals surface area contributed by atoms with Crippen LogP contribution in [0.15, 0.2) is 24.2 Å². The number of aryl methyl sites for hydroxylation is 1. The minimum Gasteiger partial charge on any atom is -0.376 e. The number of ether oxygens (including phenoxy) is 1. The molecule has 1 unspecified atom stereocenters. The molecule has 0 spiro atoms. The highest BCUT2D eigenvalue weighted by atomic mass is 19.4. The largest absolute Gasteiger partial charge is 0.416 e. The second kappa shape index (κ2) is 8.01. The lowest BCUT2D eigenvalue weighted by molar-refractivity contribution is -0.404. The Morgan fingerprint density at radius 3 is 2.88 bits per heavy atom. The Hall–Kier alpha value is -2.56. The van der Waals surface area contributed by atoms with Crippen LogP contribution < -0.4 is 16.2 Å². The van der Waals surface area contributed by atoms with E-state index in [-0.39, 0.29) is 23.4 Å². The van der Waals surface area contributed by atoms with Crippen molar-refractivity contribution < 1.29 is 22.8 Å². The summed E-state index contributed by atoms with van der Waals surface area (Å²) in [5.74, 6) is -0.127. The monoisotopic (exact) mass is 361 g/mol. The summed E-state index contributed by atoms with van der Waals surface area (Å²) in [6.07, 6.45) is -2.16. The molecule has 1 aliphatic heterocycles. The van der Waals surface area contributed by atoms with Gasteiger partial charge in [0.05, 0.1) is 16.6 Å². The predicted octanol–water partition coefficient (Wildman–Crippen LogP) is 2.17. The number of nitro groups is 1. The summed E-state index contributed by atoms with van der Waals surface area (Å²) in [4.78, 5) is 13.9. The van der Waals surface area contributed by atoms with Gasteiger partial charge in [-0.2, -0.15) is 13.2 Å². The van der Waals surface area contributed by atoms with Crippen molar-refractivity contribution in [3.8, 4) is 0 Å². The lowest BCUT2D eigenvalue weighted by Gasteiger charge is -2.16. The summed E-state index contributed by atoms with van der Waals surface area (Å²) in [6.45, 7) is 2.40. The van der Waals surface area contributed by atoms with E-state index in [0.29, 0.717) is 19.4 Å². The van der Waals surface area contributed by atoms with E-state index in [1.807, 2.05) is 0 Å². The molecule has 1 fully saturated rings. The van der Waals surface area contributed by atoms with E-state index in [0.717, 1.165) is 25.0 Å². The first-order chi connectivity index (χ1) is 11.7. The third-order valence-corrected chi connectivity index (χ3v) is 3.38. The Labute approximate surface area is 141 Å². The molecule has 0 saturated carbocycles. The van der Waals surface area contributed by atoms with Gasteiger partial charge in [-0.15, -0.1) is 0 Å². The molecule has 2 rings (SSSR count). The van der Waals surface area contributed by atoms with Crippen molar-refractivity contribution in [3.63, 3.8) is 0 Å². The first-order valence-corrected chi connectivity index (χ1v) is 7.53. The normalized spacial score (nSPS) is 18.1. The zero-order valence-electron chi connectivity index (χ0n) is 13.4. The van der Waals surface area contributed by atoms with Crippen LogP contribution in [0, 0.1) is 17.0 Å². The summed E-state index contributed by atoms with van der Waals surface area (Å²) in [5, 5.41) is 13.5. The minimum atomic E-state index is -4.51. The standard InChI is InChI=1S/C14H18F3N5O3/c1-9-5-10(14(15,16)17)6-12(19-9)20-21-13(8-22(23)24)18-7-11-3-2-4-25-11/h5-6,8,11,18,21H,2-4,7H2,1H3,(H,19,20)/b13-8-. The molecule has 0 aromatic carbocycles. The first-order valence-electron chi connectivity index (χ1n) is 7.53. The van der Waals surface area contributed by atoms with E-state index in [1.54, 1.807) is 0 Å². The number of halogens is 3. The molecule has 25 heavy (non-hydrogen) atoms. The van der Waals surface area contributed by atoms with E-state index >= 15 is 0 Å². The van der Waals surface area contributed by atoms with Gasteiger partial charge >= 0.3 is 6.18 Å². The molecule has 0 aliphatic carbocycles. The summed E-state index contributed by atoms with van der Waals surface area (Å²) in [5.41, 5.74) is 4.21. The molecule has 138 valence electrons. The molecule has 0 amide bonds. The lowest BCUT2D eigenvalue weighted by Crippen LogP contribution is -2.36. The number of alkyl halides is 3. The van der Waals surface area contributed by atoms with Crippen molar-refractivity contribution in [2.45, 2.75) is 32.0 Å². The van der Waals surface area contributed by atoms with E-state index < -0.39 is 16.7 Å². The molecule has 11 heteroatoms. The number of hydrogen-bond acceptors (Lipinski definition) is 7. The predicted molar refractivity (Wildman–Crippen MR) is 82.8 cm³/mol. The summed E-state index contributed by atoms with van der Waals surface area (Å²) in [6, 6.07) is 1.72. The highest BCUT2D eigenvalue weighted by Crippen LogP contribution is 2.30. The Balaban J connectivity index is 2.02. The lowest BCUT2D eigenvalue weighted by atomic mass is 10.2. The maximum Gasteiger partial charge on any atom is 0.416 e. The van der Waals surface area contributed by atoms with Crippen LogP contribution >= 0.6 is 0 Å². The van der Waals surface area contributed by atoms with Crippen LogP contribution in [0.25, 0.3) is 0 Å². The highest BCUT2D eigenvalue weighted by Gasteiger charge is 2.31. The second-order valence-corrected chi connectivity index (χ2v) is 5.47. The molecule has 1 atom stereocenters. The molecular formula is C14H18F3N5O3. The molecule has 8 nitrogen and oxygen atoms in total. The molecule has 1 aliphatic rings. The van der Waals surface area contributed by atoms with Crippen LogP contribution in [0.5, 0.6) is 0 Å². The number of rotatable bonds is 7. The zero-order chi connectivity index (χ0) is 18.4. The maximum atomic E-state index is 12.8. The maximum absolute atomic E-state index is 12.8. The summed E-state index contributed by atoms with van der Waals surface area (Å²) in [7, 11) is 0. The SMILES string of the molecule is Cc1cc(C(F)(F)F)cc(NN/C(=C\[N+](=O)[O-])NCC2CCCO2)n1. The van der Waals surface area contributed by atoms with Crippen LogP contribution in [0.4, 0.5) is 19.0 Å². The fourth-order valence-electron chi connectivity index (χ4n) is 2.28. The molecule has 3 N–H and O–H groups in total. The number of hydrogen-bond donors (Lipinski definition) is 3. The van der Waals surface area contributed by atoms with Gasteiger partial charge < -0.3 is 10.1 Å². The van der Waals surface area contributed by atoms with Crippen LogP contribution in [0.1, 0.15) is 24.1 Å². The van der Waals surface area contributed by atoms with Gasteiger partial charge in [0.2, 0.25) is 0 Å². The average molecular weight is 361 g/mol. The zero-order valence-corrected chi connectivity index (χ0v) is 13.4. The molecule has 0 bridgehead atoms. The van der Waals surface area contributed by atoms with Crippen LogP contribution in [-0.2, 0) is 10.9 Å². The van der Waals surface area contributed by atoms with Gasteiger partial charge in [0, 0.05) is 18.8 Å². The first kappa shape index (κ1) is 18.8. The summed E-state index contributed by atoms with van der Waals surface area (Å²) >= 11 is 0. The molecule has 0 radical (unpaired) electrons. The van der Waals surface area contributed by atoms with E-state index in [4.69, 9.17) is 4.74 Å². The van der Waals surface area contributed by atoms with E-state index in [9.17, 15) is 23.3 Å². The number of aromatic nitrogens is 1. The van der Waals surface area contributed by atoms with Crippen LogP contribution in [0.3, 0.4) is 0 Å². The quantitative estimate of drug-likeness (QED) is 0.505. The molecule has 2 heterocycles. The Kier molecular flexibility index (Phi) is 6.02. The molecule has 1 aromatic heterocycles. The highest BCUT2D eigenvalue weighted by molar-refractivity contribution is 5.40. The number of anilines is 1. The third-order valence-electron chi connectivity index (χ3n) is 3.38. The second-order valence-electron chi connectivity index (χ2n) is 5.47. The fourth-order valence-corrected chi connectivity index (χ4v) is 2.28. The number of nitrogens with one attached hydrogen (secondary N) is 3. The van der Waals surface area contributed by atoms with Gasteiger partial charge in [-0.3, -0.25) is 21.0 Å². The Morgan fingerprint density at radius 2 is 2.28 bits per heavy atom. The van der Waals surface area contributed by atoms with E-state index in [2.05, 4.69) is 21.2 Å². The van der Waals surface area contributed by atoms with Gasteiger partial charge in [-0.25, -0.2) is 4.98 Å². The molecule has 1 saturated heterocycles. The van der Waals surface area contributed by atoms with Gasteiger partial charge in [0.1, 0.15) is 5.82 Å². The topological polar surface area (TPSA) is 101 Å². The number of hydrazine groups is 1. The van der Waals surface area contributed by atoms with Crippen LogP contribution in [0.2, 0.25) is 0 Å². The van der Waals surface area contributed by atoms with Crippen molar-refractivity contribution >= 4 is 5.82 Å². The van der Waals surface area contributed by atoms with Crippen LogP contribution in [-0.4, -0.2) is 29.2 Å². The van der Waals surface area contributed by atoms with Crippen molar-refractivity contribution in [3.05, 3.63) is 45.5 Å². The average Bonchev–Trinajstić information content (AvgIpc) is 3.01. The van der Waals surface area contributed by atoms with Gasteiger partial charge in [0.25, 0.3) is 6.20 Å². The molecular weight excluding hydrogens is 343 g/mol. The van der Waals surface area contributed by atoms with Crippen molar-refractivity contribution in [2.24, 2.45) is 0 Å². The van der Waals surface area contributed by atoms with Crippen molar-refractivity contribution in [1.82, 2.24) is 15.7 Å². The van der Waals surface area contributed by atoms with Gasteiger partial charge in [0.15, 0.2) is 5.82 Å². The summed E-state index contributed by atoms with van der Waals surface area (Å²) < 4.78 is 43.8. The number of nitrogens with zero attached hydrogens (tertiary/aromatic N) is 2. The third kappa shape index (κ3) is 6.10. The Morgan fingerprint density at radius 1 is 1.52 bits per heavy atom. The Bertz CT molecular complexity index is 645. The fraction of sp³-hybridized carbons (Fsp3) is 0.500. The molecule has 1 aromatic rings. The van der Waals surface area contributed by atoms with Gasteiger partial charge in [-0.1, -0.05) is 0 Å². The van der Waals surface area contributed by atoms with Crippen molar-refractivity contribution in [1.29, 1.82) is 0 Å². The number of pyridine rings is 1. The minimum absolute atomic E-state index is 0.0163. The van der Waals surface area contributed by atoms with Gasteiger partial charge in [-0.05, 0) is 31.9 Å². The van der Waals surface area contributed by atoms with Crippen molar-refractivity contribution in [2.75, 3.05) is 18.6 Å². The smallest absolute Gasteiger partial charge is 0.376 e.